The molecule has 0 saturated carbocycles. The van der Waals surface area contributed by atoms with Crippen LogP contribution in [-0.2, 0) is 19.4 Å². The Morgan fingerprint density at radius 1 is 1.00 bits per heavy atom. The molecule has 0 amide bonds. The molecule has 2 aromatic rings. The fourth-order valence-electron chi connectivity index (χ4n) is 4.08. The number of nitrogens with two attached hydrogens (primary N) is 1. The number of nitrogens with zero attached hydrogens (tertiary/aromatic N) is 4. The zero-order valence-corrected chi connectivity index (χ0v) is 20.2. The molecule has 0 radical (unpaired) electrons. The number of aromatic nitrogens is 3. The van der Waals surface area contributed by atoms with Crippen LogP contribution in [0.4, 0.5) is 5.82 Å². The van der Waals surface area contributed by atoms with E-state index in [4.69, 9.17) is 25.4 Å². The zero-order chi connectivity index (χ0) is 22.5. The van der Waals surface area contributed by atoms with E-state index in [9.17, 15) is 0 Å². The second-order valence-electron chi connectivity index (χ2n) is 8.64. The first-order valence-corrected chi connectivity index (χ1v) is 12.0. The van der Waals surface area contributed by atoms with E-state index >= 15 is 0 Å². The molecule has 31 heavy (non-hydrogen) atoms. The van der Waals surface area contributed by atoms with E-state index < -0.39 is 0 Å². The molecule has 0 unspecified atom stereocenters. The number of rotatable bonds is 10. The Morgan fingerprint density at radius 2 is 1.71 bits per heavy atom. The standard InChI is InChI=1S/C25H39N5O/c1-7-17-14-19(24(30-12-11-13-30)29-22(17)16(5)6)23-20(10-4)28-25(21(15-26)27-23)31-18(8-2)9-3/h14,16,18H,7-13,15,26H2,1-6H3. The number of pyridine rings is 1. The Balaban J connectivity index is 2.18. The van der Waals surface area contributed by atoms with Gasteiger partial charge in [0.1, 0.15) is 11.5 Å². The van der Waals surface area contributed by atoms with Crippen LogP contribution in [0.25, 0.3) is 11.3 Å². The van der Waals surface area contributed by atoms with Gasteiger partial charge in [0.2, 0.25) is 5.88 Å². The van der Waals surface area contributed by atoms with Crippen molar-refractivity contribution in [1.82, 2.24) is 15.0 Å². The summed E-state index contributed by atoms with van der Waals surface area (Å²) in [4.78, 5) is 17.5. The maximum atomic E-state index is 6.19. The number of anilines is 1. The molecule has 1 saturated heterocycles. The lowest BCUT2D eigenvalue weighted by Gasteiger charge is -2.34. The summed E-state index contributed by atoms with van der Waals surface area (Å²) in [7, 11) is 0. The first kappa shape index (κ1) is 23.5. The maximum Gasteiger partial charge on any atom is 0.237 e. The van der Waals surface area contributed by atoms with E-state index in [0.717, 1.165) is 67.2 Å². The van der Waals surface area contributed by atoms with Gasteiger partial charge in [-0.1, -0.05) is 41.5 Å². The fraction of sp³-hybridized carbons (Fsp3) is 0.640. The summed E-state index contributed by atoms with van der Waals surface area (Å²) >= 11 is 0. The highest BCUT2D eigenvalue weighted by atomic mass is 16.5. The molecule has 2 N–H and O–H groups in total. The van der Waals surface area contributed by atoms with E-state index in [-0.39, 0.29) is 6.10 Å². The number of ether oxygens (including phenoxy) is 1. The summed E-state index contributed by atoms with van der Waals surface area (Å²) in [6.07, 6.45) is 4.93. The Hall–Kier alpha value is -2.21. The zero-order valence-electron chi connectivity index (χ0n) is 20.2. The minimum Gasteiger partial charge on any atom is -0.473 e. The summed E-state index contributed by atoms with van der Waals surface area (Å²) in [6, 6.07) is 2.29. The summed E-state index contributed by atoms with van der Waals surface area (Å²) < 4.78 is 6.19. The van der Waals surface area contributed by atoms with Crippen molar-refractivity contribution in [2.45, 2.75) is 92.2 Å². The van der Waals surface area contributed by atoms with Crippen LogP contribution in [0.15, 0.2) is 6.07 Å². The molecule has 0 spiro atoms. The molecule has 1 aliphatic heterocycles. The average Bonchev–Trinajstić information content (AvgIpc) is 2.75. The van der Waals surface area contributed by atoms with E-state index in [1.807, 2.05) is 0 Å². The van der Waals surface area contributed by atoms with Crippen molar-refractivity contribution < 1.29 is 4.74 Å². The molecule has 3 heterocycles. The van der Waals surface area contributed by atoms with Crippen LogP contribution < -0.4 is 15.4 Å². The first-order valence-electron chi connectivity index (χ1n) is 12.0. The topological polar surface area (TPSA) is 77.2 Å². The monoisotopic (exact) mass is 425 g/mol. The number of hydrogen-bond acceptors (Lipinski definition) is 6. The molecule has 0 aliphatic carbocycles. The third kappa shape index (κ3) is 4.84. The van der Waals surface area contributed by atoms with Crippen molar-refractivity contribution in [1.29, 1.82) is 0 Å². The van der Waals surface area contributed by atoms with Crippen LogP contribution >= 0.6 is 0 Å². The second-order valence-corrected chi connectivity index (χ2v) is 8.64. The number of aryl methyl sites for hydroxylation is 2. The van der Waals surface area contributed by atoms with Gasteiger partial charge in [0.15, 0.2) is 0 Å². The average molecular weight is 426 g/mol. The fourth-order valence-corrected chi connectivity index (χ4v) is 4.08. The highest BCUT2D eigenvalue weighted by Crippen LogP contribution is 2.37. The van der Waals surface area contributed by atoms with Crippen LogP contribution in [0.3, 0.4) is 0 Å². The summed E-state index contributed by atoms with van der Waals surface area (Å²) in [5.74, 6) is 2.01. The molecular weight excluding hydrogens is 386 g/mol. The molecule has 6 nitrogen and oxygen atoms in total. The van der Waals surface area contributed by atoms with Crippen molar-refractivity contribution in [3.8, 4) is 17.1 Å². The predicted octanol–water partition coefficient (Wildman–Crippen LogP) is 5.02. The van der Waals surface area contributed by atoms with Crippen molar-refractivity contribution in [3.05, 3.63) is 28.7 Å². The molecule has 0 bridgehead atoms. The molecule has 0 aromatic carbocycles. The quantitative estimate of drug-likeness (QED) is 0.576. The van der Waals surface area contributed by atoms with E-state index in [2.05, 4.69) is 52.5 Å². The van der Waals surface area contributed by atoms with Crippen LogP contribution in [0.2, 0.25) is 0 Å². The van der Waals surface area contributed by atoms with Gasteiger partial charge in [0.25, 0.3) is 0 Å². The minimum atomic E-state index is 0.130. The van der Waals surface area contributed by atoms with Gasteiger partial charge < -0.3 is 15.4 Å². The Bertz CT molecular complexity index is 888. The predicted molar refractivity (Wildman–Crippen MR) is 128 cm³/mol. The van der Waals surface area contributed by atoms with Crippen LogP contribution in [0, 0.1) is 0 Å². The molecular formula is C25H39N5O. The van der Waals surface area contributed by atoms with Gasteiger partial charge in [-0.25, -0.2) is 15.0 Å². The van der Waals surface area contributed by atoms with Gasteiger partial charge in [0, 0.05) is 30.9 Å². The molecule has 1 fully saturated rings. The van der Waals surface area contributed by atoms with Gasteiger partial charge in [-0.2, -0.15) is 0 Å². The Labute approximate surface area is 187 Å². The van der Waals surface area contributed by atoms with Crippen LogP contribution in [0.1, 0.15) is 89.4 Å². The normalized spacial score (nSPS) is 13.8. The summed E-state index contributed by atoms with van der Waals surface area (Å²) in [6.45, 7) is 15.4. The van der Waals surface area contributed by atoms with E-state index in [1.54, 1.807) is 0 Å². The van der Waals surface area contributed by atoms with E-state index in [1.165, 1.54) is 17.7 Å². The lowest BCUT2D eigenvalue weighted by Crippen LogP contribution is -2.38. The molecule has 3 rings (SSSR count). The van der Waals surface area contributed by atoms with Crippen LogP contribution in [0.5, 0.6) is 5.88 Å². The molecule has 6 heteroatoms. The van der Waals surface area contributed by atoms with Crippen molar-refractivity contribution in [2.24, 2.45) is 5.73 Å². The SMILES string of the molecule is CCc1cc(-c2nc(CN)c(OC(CC)CC)nc2CC)c(N2CCC2)nc1C(C)C. The van der Waals surface area contributed by atoms with Gasteiger partial charge >= 0.3 is 0 Å². The molecule has 170 valence electrons. The smallest absolute Gasteiger partial charge is 0.237 e. The van der Waals surface area contributed by atoms with E-state index in [0.29, 0.717) is 18.3 Å². The summed E-state index contributed by atoms with van der Waals surface area (Å²) in [5.41, 5.74) is 12.2. The molecule has 2 aromatic heterocycles. The highest BCUT2D eigenvalue weighted by Gasteiger charge is 2.26. The highest BCUT2D eigenvalue weighted by molar-refractivity contribution is 5.77. The van der Waals surface area contributed by atoms with Gasteiger partial charge in [-0.3, -0.25) is 0 Å². The van der Waals surface area contributed by atoms with Crippen molar-refractivity contribution in [3.63, 3.8) is 0 Å². The lowest BCUT2D eigenvalue weighted by atomic mass is 9.97. The first-order chi connectivity index (χ1) is 15.0. The Morgan fingerprint density at radius 3 is 2.19 bits per heavy atom. The summed E-state index contributed by atoms with van der Waals surface area (Å²) in [5, 5.41) is 0. The van der Waals surface area contributed by atoms with Gasteiger partial charge in [0.05, 0.1) is 17.5 Å². The Kier molecular flexibility index (Phi) is 7.87. The largest absolute Gasteiger partial charge is 0.473 e. The van der Waals surface area contributed by atoms with Crippen molar-refractivity contribution >= 4 is 5.82 Å². The third-order valence-corrected chi connectivity index (χ3v) is 6.17. The van der Waals surface area contributed by atoms with Gasteiger partial charge in [-0.15, -0.1) is 0 Å². The minimum absolute atomic E-state index is 0.130. The second kappa shape index (κ2) is 10.4. The number of hydrogen-bond donors (Lipinski definition) is 1. The molecule has 0 atom stereocenters. The lowest BCUT2D eigenvalue weighted by molar-refractivity contribution is 0.181. The third-order valence-electron chi connectivity index (χ3n) is 6.17. The van der Waals surface area contributed by atoms with Gasteiger partial charge in [-0.05, 0) is 49.7 Å². The van der Waals surface area contributed by atoms with Crippen LogP contribution in [-0.4, -0.2) is 34.1 Å². The molecule has 1 aliphatic rings. The maximum absolute atomic E-state index is 6.19. The van der Waals surface area contributed by atoms with Crippen molar-refractivity contribution in [2.75, 3.05) is 18.0 Å².